The Labute approximate surface area is 86.0 Å². The molecule has 0 bridgehead atoms. The van der Waals surface area contributed by atoms with Crippen LogP contribution in [-0.4, -0.2) is 44.6 Å². The van der Waals surface area contributed by atoms with E-state index in [0.717, 1.165) is 19.6 Å². The number of nitrogens with one attached hydrogen (secondary N) is 1. The van der Waals surface area contributed by atoms with Gasteiger partial charge >= 0.3 is 0 Å². The van der Waals surface area contributed by atoms with E-state index in [1.165, 1.54) is 4.90 Å². The molecule has 1 aliphatic carbocycles. The standard InChI is InChI=1S/C11H21NO2/c1-7-9-6-14-5-8(9)4-10(11(7)13)12(2)3/h7-11,13H,4-6H2,1-3H3/p+1/t7-,8+,9-,10+,11-/m1/s1. The molecule has 2 rings (SSSR count). The third kappa shape index (κ3) is 1.58. The zero-order valence-electron chi connectivity index (χ0n) is 9.36. The molecule has 14 heavy (non-hydrogen) atoms. The zero-order chi connectivity index (χ0) is 10.3. The molecule has 2 aliphatic rings. The van der Waals surface area contributed by atoms with E-state index in [9.17, 15) is 5.11 Å². The Bertz CT molecular complexity index is 205. The second-order valence-electron chi connectivity index (χ2n) is 5.23. The number of hydrogen-bond acceptors (Lipinski definition) is 2. The van der Waals surface area contributed by atoms with E-state index in [2.05, 4.69) is 21.0 Å². The lowest BCUT2D eigenvalue weighted by Gasteiger charge is -2.40. The summed E-state index contributed by atoms with van der Waals surface area (Å²) in [6.07, 6.45) is 0.973. The lowest BCUT2D eigenvalue weighted by molar-refractivity contribution is -0.892. The molecule has 82 valence electrons. The highest BCUT2D eigenvalue weighted by atomic mass is 16.5. The van der Waals surface area contributed by atoms with Crippen molar-refractivity contribution in [3.63, 3.8) is 0 Å². The first-order valence-corrected chi connectivity index (χ1v) is 5.67. The van der Waals surface area contributed by atoms with Gasteiger partial charge in [0.1, 0.15) is 12.1 Å². The average Bonchev–Trinajstić information content (AvgIpc) is 2.58. The molecular weight excluding hydrogens is 178 g/mol. The van der Waals surface area contributed by atoms with Crippen molar-refractivity contribution in [1.82, 2.24) is 0 Å². The molecule has 0 unspecified atom stereocenters. The topological polar surface area (TPSA) is 33.9 Å². The molecule has 5 atom stereocenters. The van der Waals surface area contributed by atoms with Gasteiger partial charge in [0.2, 0.25) is 0 Å². The Morgan fingerprint density at radius 1 is 1.29 bits per heavy atom. The number of quaternary nitrogens is 1. The second-order valence-corrected chi connectivity index (χ2v) is 5.23. The number of hydrogen-bond donors (Lipinski definition) is 2. The number of rotatable bonds is 1. The van der Waals surface area contributed by atoms with E-state index in [4.69, 9.17) is 4.74 Å². The van der Waals surface area contributed by atoms with E-state index < -0.39 is 0 Å². The number of aliphatic hydroxyl groups excluding tert-OH is 1. The predicted octanol–water partition coefficient (Wildman–Crippen LogP) is -0.837. The fourth-order valence-electron chi connectivity index (χ4n) is 3.10. The van der Waals surface area contributed by atoms with Gasteiger partial charge in [-0.3, -0.25) is 0 Å². The van der Waals surface area contributed by atoms with Crippen LogP contribution in [0.4, 0.5) is 0 Å². The minimum Gasteiger partial charge on any atom is -0.387 e. The average molecular weight is 200 g/mol. The number of likely N-dealkylation sites (N-methyl/N-ethyl adjacent to an activating group) is 1. The zero-order valence-corrected chi connectivity index (χ0v) is 9.36. The van der Waals surface area contributed by atoms with Gasteiger partial charge in [-0.05, 0) is 17.8 Å². The fraction of sp³-hybridized carbons (Fsp3) is 1.00. The van der Waals surface area contributed by atoms with Gasteiger partial charge in [-0.1, -0.05) is 6.92 Å². The molecule has 0 aromatic heterocycles. The van der Waals surface area contributed by atoms with E-state index in [1.807, 2.05) is 0 Å². The van der Waals surface area contributed by atoms with Crippen molar-refractivity contribution in [3.8, 4) is 0 Å². The molecule has 0 radical (unpaired) electrons. The van der Waals surface area contributed by atoms with Gasteiger partial charge in [0.05, 0.1) is 20.7 Å². The summed E-state index contributed by atoms with van der Waals surface area (Å²) in [6, 6.07) is 0.396. The van der Waals surface area contributed by atoms with Crippen molar-refractivity contribution in [2.24, 2.45) is 17.8 Å². The van der Waals surface area contributed by atoms with Crippen LogP contribution in [0, 0.1) is 17.8 Å². The molecule has 2 N–H and O–H groups in total. The van der Waals surface area contributed by atoms with Crippen LogP contribution < -0.4 is 4.90 Å². The van der Waals surface area contributed by atoms with Gasteiger partial charge in [0.15, 0.2) is 0 Å². The minimum absolute atomic E-state index is 0.150. The van der Waals surface area contributed by atoms with E-state index >= 15 is 0 Å². The van der Waals surface area contributed by atoms with Gasteiger partial charge in [-0.25, -0.2) is 0 Å². The highest BCUT2D eigenvalue weighted by Gasteiger charge is 2.46. The molecule has 1 aliphatic heterocycles. The van der Waals surface area contributed by atoms with E-state index in [0.29, 0.717) is 23.8 Å². The highest BCUT2D eigenvalue weighted by molar-refractivity contribution is 4.92. The predicted molar refractivity (Wildman–Crippen MR) is 54.2 cm³/mol. The maximum atomic E-state index is 10.2. The molecule has 1 saturated carbocycles. The maximum Gasteiger partial charge on any atom is 0.114 e. The van der Waals surface area contributed by atoms with Crippen LogP contribution in [-0.2, 0) is 4.74 Å². The Morgan fingerprint density at radius 3 is 2.64 bits per heavy atom. The minimum atomic E-state index is -0.150. The Balaban J connectivity index is 2.11. The van der Waals surface area contributed by atoms with Gasteiger partial charge < -0.3 is 14.7 Å². The van der Waals surface area contributed by atoms with Crippen LogP contribution in [0.2, 0.25) is 0 Å². The smallest absolute Gasteiger partial charge is 0.114 e. The molecule has 3 nitrogen and oxygen atoms in total. The Kier molecular flexibility index (Phi) is 2.82. The molecule has 0 amide bonds. The first-order chi connectivity index (χ1) is 6.61. The SMILES string of the molecule is C[C@H]1[C@@H](O)[C@@H]([NH+](C)C)C[C@H]2COC[C@@H]21. The van der Waals surface area contributed by atoms with Crippen LogP contribution in [0.3, 0.4) is 0 Å². The van der Waals surface area contributed by atoms with Crippen molar-refractivity contribution >= 4 is 0 Å². The van der Waals surface area contributed by atoms with Gasteiger partial charge in [0.25, 0.3) is 0 Å². The van der Waals surface area contributed by atoms with Crippen LogP contribution in [0.25, 0.3) is 0 Å². The molecule has 1 heterocycles. The largest absolute Gasteiger partial charge is 0.387 e. The molecule has 0 aromatic carbocycles. The number of fused-ring (bicyclic) bond motifs is 1. The van der Waals surface area contributed by atoms with Gasteiger partial charge in [-0.15, -0.1) is 0 Å². The second kappa shape index (κ2) is 3.80. The van der Waals surface area contributed by atoms with Crippen LogP contribution in [0.1, 0.15) is 13.3 Å². The van der Waals surface area contributed by atoms with E-state index in [-0.39, 0.29) is 6.10 Å². The molecular formula is C11H22NO2+. The third-order valence-electron chi connectivity index (χ3n) is 4.17. The van der Waals surface area contributed by atoms with Gasteiger partial charge in [0, 0.05) is 13.0 Å². The molecule has 2 fully saturated rings. The third-order valence-corrected chi connectivity index (χ3v) is 4.17. The van der Waals surface area contributed by atoms with Crippen LogP contribution in [0.15, 0.2) is 0 Å². The van der Waals surface area contributed by atoms with Gasteiger partial charge in [-0.2, -0.15) is 0 Å². The Morgan fingerprint density at radius 2 is 2.00 bits per heavy atom. The summed E-state index contributed by atoms with van der Waals surface area (Å²) in [5, 5.41) is 10.2. The molecule has 0 aromatic rings. The fourth-order valence-corrected chi connectivity index (χ4v) is 3.10. The van der Waals surface area contributed by atoms with Crippen molar-refractivity contribution in [3.05, 3.63) is 0 Å². The molecule has 3 heteroatoms. The normalized spacial score (nSPS) is 48.2. The summed E-state index contributed by atoms with van der Waals surface area (Å²) in [4.78, 5) is 1.37. The maximum absolute atomic E-state index is 10.2. The summed E-state index contributed by atoms with van der Waals surface area (Å²) in [6.45, 7) is 3.94. The summed E-state index contributed by atoms with van der Waals surface area (Å²) in [5.41, 5.74) is 0. The van der Waals surface area contributed by atoms with E-state index in [1.54, 1.807) is 0 Å². The lowest BCUT2D eigenvalue weighted by Crippen LogP contribution is -3.12. The highest BCUT2D eigenvalue weighted by Crippen LogP contribution is 2.38. The summed E-state index contributed by atoms with van der Waals surface area (Å²) in [7, 11) is 4.27. The first kappa shape index (κ1) is 10.4. The molecule has 0 spiro atoms. The van der Waals surface area contributed by atoms with Crippen LogP contribution >= 0.6 is 0 Å². The van der Waals surface area contributed by atoms with Crippen molar-refractivity contribution < 1.29 is 14.7 Å². The number of aliphatic hydroxyl groups is 1. The molecule has 1 saturated heterocycles. The Hall–Kier alpha value is -0.120. The summed E-state index contributed by atoms with van der Waals surface area (Å²) >= 11 is 0. The van der Waals surface area contributed by atoms with Crippen molar-refractivity contribution in [2.75, 3.05) is 27.3 Å². The van der Waals surface area contributed by atoms with Crippen molar-refractivity contribution in [1.29, 1.82) is 0 Å². The van der Waals surface area contributed by atoms with Crippen molar-refractivity contribution in [2.45, 2.75) is 25.5 Å². The lowest BCUT2D eigenvalue weighted by atomic mass is 9.70. The first-order valence-electron chi connectivity index (χ1n) is 5.67. The van der Waals surface area contributed by atoms with Crippen LogP contribution in [0.5, 0.6) is 0 Å². The monoisotopic (exact) mass is 200 g/mol. The number of ether oxygens (including phenoxy) is 1. The summed E-state index contributed by atoms with van der Waals surface area (Å²) < 4.78 is 5.52. The summed E-state index contributed by atoms with van der Waals surface area (Å²) in [5.74, 6) is 1.69. The quantitative estimate of drug-likeness (QED) is 0.579.